The zero-order chi connectivity index (χ0) is 20.7. The lowest BCUT2D eigenvalue weighted by Crippen LogP contribution is -2.13. The monoisotopic (exact) mass is 434 g/mol. The van der Waals surface area contributed by atoms with Gasteiger partial charge in [0.05, 0.1) is 0 Å². The number of amides is 1. The van der Waals surface area contributed by atoms with Crippen molar-refractivity contribution in [2.75, 3.05) is 5.32 Å². The summed E-state index contributed by atoms with van der Waals surface area (Å²) in [6.07, 6.45) is 0. The fourth-order valence-corrected chi connectivity index (χ4v) is 3.78. The van der Waals surface area contributed by atoms with Crippen LogP contribution in [0.5, 0.6) is 0 Å². The second kappa shape index (κ2) is 7.26. The van der Waals surface area contributed by atoms with Crippen LogP contribution in [-0.4, -0.2) is 22.0 Å². The minimum atomic E-state index is -1.38. The number of thiophene rings is 1. The maximum absolute atomic E-state index is 13.8. The fraction of sp³-hybridized carbons (Fsp3) is 0. The predicted octanol–water partition coefficient (Wildman–Crippen LogP) is 5.44. The number of hydrogen-bond acceptors (Lipinski definition) is 5. The zero-order valence-corrected chi connectivity index (χ0v) is 15.8. The number of benzene rings is 2. The quantitative estimate of drug-likeness (QED) is 0.417. The second-order valence-electron chi connectivity index (χ2n) is 5.85. The zero-order valence-electron chi connectivity index (χ0n) is 14.2. The number of hydrogen-bond donors (Lipinski definition) is 2. The molecule has 0 aliphatic carbocycles. The maximum Gasteiger partial charge on any atom is 0.339 e. The number of aromatic nitrogens is 1. The van der Waals surface area contributed by atoms with Crippen LogP contribution in [0.1, 0.15) is 21.0 Å². The van der Waals surface area contributed by atoms with Gasteiger partial charge in [-0.25, -0.2) is 18.6 Å². The van der Waals surface area contributed by atoms with E-state index >= 15 is 0 Å². The molecule has 2 aromatic carbocycles. The number of nitrogens with one attached hydrogen (secondary N) is 1. The van der Waals surface area contributed by atoms with Crippen LogP contribution in [0.15, 0.2) is 46.2 Å². The molecule has 0 bridgehead atoms. The molecule has 0 aliphatic heterocycles. The van der Waals surface area contributed by atoms with E-state index in [0.29, 0.717) is 11.1 Å². The van der Waals surface area contributed by atoms with Gasteiger partial charge in [-0.1, -0.05) is 23.7 Å². The summed E-state index contributed by atoms with van der Waals surface area (Å²) in [7, 11) is 0. The van der Waals surface area contributed by atoms with Gasteiger partial charge in [-0.15, -0.1) is 11.3 Å². The summed E-state index contributed by atoms with van der Waals surface area (Å²) in [4.78, 5) is 28.3. The number of carboxylic acid groups (broad SMARTS) is 1. The molecule has 146 valence electrons. The first-order valence-corrected chi connectivity index (χ1v) is 9.27. The van der Waals surface area contributed by atoms with E-state index in [4.69, 9.17) is 16.0 Å². The number of carbonyl (C=O) groups excluding carboxylic acids is 1. The van der Waals surface area contributed by atoms with E-state index in [2.05, 4.69) is 10.3 Å². The van der Waals surface area contributed by atoms with Crippen LogP contribution < -0.4 is 5.32 Å². The Morgan fingerprint density at radius 3 is 2.52 bits per heavy atom. The highest BCUT2D eigenvalue weighted by Crippen LogP contribution is 2.37. The fourth-order valence-electron chi connectivity index (χ4n) is 2.71. The Kier molecular flexibility index (Phi) is 4.77. The Balaban J connectivity index is 1.71. The number of fused-ring (bicyclic) bond motifs is 1. The van der Waals surface area contributed by atoms with Crippen molar-refractivity contribution in [3.63, 3.8) is 0 Å². The second-order valence-corrected chi connectivity index (χ2v) is 7.11. The highest BCUT2D eigenvalue weighted by atomic mass is 35.5. The molecular weight excluding hydrogens is 426 g/mol. The third-order valence-electron chi connectivity index (χ3n) is 4.01. The van der Waals surface area contributed by atoms with E-state index in [9.17, 15) is 23.5 Å². The Labute approximate surface area is 170 Å². The third-order valence-corrected chi connectivity index (χ3v) is 5.27. The maximum atomic E-state index is 13.8. The summed E-state index contributed by atoms with van der Waals surface area (Å²) >= 11 is 6.36. The van der Waals surface area contributed by atoms with Crippen molar-refractivity contribution in [2.45, 2.75) is 0 Å². The number of anilines is 1. The molecule has 0 atom stereocenters. The summed E-state index contributed by atoms with van der Waals surface area (Å²) in [5.41, 5.74) is 0.552. The van der Waals surface area contributed by atoms with E-state index in [1.54, 1.807) is 24.3 Å². The average molecular weight is 435 g/mol. The molecule has 4 aromatic rings. The van der Waals surface area contributed by atoms with Crippen molar-refractivity contribution in [1.82, 2.24) is 4.98 Å². The van der Waals surface area contributed by atoms with Gasteiger partial charge in [0, 0.05) is 10.9 Å². The molecular formula is C19H9ClF2N2O4S. The standard InChI is InChI=1S/C19H9ClF2N2O4S/c20-15-10(21)5-8(6-11(15)22)9-7-29-18(14(9)19(26)27)24-16(25)17-23-12-3-1-2-4-13(12)28-17/h1-7H,(H,24,25)(H,26,27). The molecule has 6 nitrogen and oxygen atoms in total. The van der Waals surface area contributed by atoms with Crippen LogP contribution in [-0.2, 0) is 0 Å². The minimum Gasteiger partial charge on any atom is -0.478 e. The van der Waals surface area contributed by atoms with Gasteiger partial charge in [0.15, 0.2) is 5.58 Å². The van der Waals surface area contributed by atoms with Crippen molar-refractivity contribution in [3.8, 4) is 11.1 Å². The van der Waals surface area contributed by atoms with Crippen molar-refractivity contribution >= 4 is 50.9 Å². The number of oxazole rings is 1. The van der Waals surface area contributed by atoms with Crippen molar-refractivity contribution in [2.24, 2.45) is 0 Å². The molecule has 0 unspecified atom stereocenters. The summed E-state index contributed by atoms with van der Waals surface area (Å²) in [5.74, 6) is -4.45. The number of carboxylic acids is 1. The van der Waals surface area contributed by atoms with Gasteiger partial charge in [-0.05, 0) is 29.8 Å². The Hall–Kier alpha value is -3.30. The van der Waals surface area contributed by atoms with E-state index in [0.717, 1.165) is 23.5 Å². The van der Waals surface area contributed by atoms with Gasteiger partial charge in [0.25, 0.3) is 5.89 Å². The van der Waals surface area contributed by atoms with E-state index in [-0.39, 0.29) is 27.6 Å². The normalized spacial score (nSPS) is 11.0. The van der Waals surface area contributed by atoms with Crippen molar-refractivity contribution in [3.05, 3.63) is 69.9 Å². The van der Waals surface area contributed by atoms with Gasteiger partial charge >= 0.3 is 11.9 Å². The van der Waals surface area contributed by atoms with Crippen LogP contribution in [0.2, 0.25) is 5.02 Å². The van der Waals surface area contributed by atoms with E-state index in [1.165, 1.54) is 5.38 Å². The lowest BCUT2D eigenvalue weighted by atomic mass is 10.0. The summed E-state index contributed by atoms with van der Waals surface area (Å²) in [5, 5.41) is 12.7. The lowest BCUT2D eigenvalue weighted by molar-refractivity contribution is 0.0699. The molecule has 1 amide bonds. The smallest absolute Gasteiger partial charge is 0.339 e. The first kappa shape index (κ1) is 19.0. The Morgan fingerprint density at radius 1 is 1.17 bits per heavy atom. The molecule has 0 fully saturated rings. The van der Waals surface area contributed by atoms with Crippen LogP contribution in [0.25, 0.3) is 22.2 Å². The first-order valence-electron chi connectivity index (χ1n) is 8.01. The lowest BCUT2D eigenvalue weighted by Gasteiger charge is -2.06. The largest absolute Gasteiger partial charge is 0.478 e. The van der Waals surface area contributed by atoms with E-state index < -0.39 is 28.5 Å². The minimum absolute atomic E-state index is 0.0274. The van der Waals surface area contributed by atoms with Crippen LogP contribution in [0.3, 0.4) is 0 Å². The van der Waals surface area contributed by atoms with Crippen molar-refractivity contribution < 1.29 is 27.9 Å². The van der Waals surface area contributed by atoms with Gasteiger partial charge in [-0.3, -0.25) is 4.79 Å². The number of halogens is 3. The summed E-state index contributed by atoms with van der Waals surface area (Å²) in [6, 6.07) is 8.58. The molecule has 0 saturated heterocycles. The Morgan fingerprint density at radius 2 is 1.86 bits per heavy atom. The molecule has 10 heteroatoms. The van der Waals surface area contributed by atoms with E-state index in [1.807, 2.05) is 0 Å². The Bertz CT molecular complexity index is 1230. The van der Waals surface area contributed by atoms with Gasteiger partial charge in [0.1, 0.15) is 32.7 Å². The number of rotatable bonds is 4. The third kappa shape index (κ3) is 3.45. The molecule has 2 N–H and O–H groups in total. The van der Waals surface area contributed by atoms with Gasteiger partial charge < -0.3 is 14.8 Å². The number of carbonyl (C=O) groups is 2. The van der Waals surface area contributed by atoms with Gasteiger partial charge in [-0.2, -0.15) is 0 Å². The molecule has 0 spiro atoms. The summed E-state index contributed by atoms with van der Waals surface area (Å²) < 4.78 is 32.9. The summed E-state index contributed by atoms with van der Waals surface area (Å²) in [6.45, 7) is 0. The molecule has 4 rings (SSSR count). The van der Waals surface area contributed by atoms with Crippen LogP contribution >= 0.6 is 22.9 Å². The average Bonchev–Trinajstić information content (AvgIpc) is 3.29. The number of para-hydroxylation sites is 2. The number of nitrogens with zero attached hydrogens (tertiary/aromatic N) is 1. The highest BCUT2D eigenvalue weighted by molar-refractivity contribution is 7.15. The van der Waals surface area contributed by atoms with Crippen LogP contribution in [0.4, 0.5) is 13.8 Å². The molecule has 29 heavy (non-hydrogen) atoms. The molecule has 2 aromatic heterocycles. The van der Waals surface area contributed by atoms with Gasteiger partial charge in [0.2, 0.25) is 0 Å². The number of aromatic carboxylic acids is 1. The topological polar surface area (TPSA) is 92.4 Å². The SMILES string of the molecule is O=C(Nc1scc(-c2cc(F)c(Cl)c(F)c2)c1C(=O)O)c1nc2ccccc2o1. The molecule has 0 radical (unpaired) electrons. The van der Waals surface area contributed by atoms with Crippen molar-refractivity contribution in [1.29, 1.82) is 0 Å². The molecule has 0 aliphatic rings. The highest BCUT2D eigenvalue weighted by Gasteiger charge is 2.24. The predicted molar refractivity (Wildman–Crippen MR) is 104 cm³/mol. The van der Waals surface area contributed by atoms with Crippen LogP contribution in [0, 0.1) is 11.6 Å². The molecule has 2 heterocycles. The first-order chi connectivity index (χ1) is 13.8. The molecule has 0 saturated carbocycles.